The molecule has 2 fully saturated rings. The van der Waals surface area contributed by atoms with Crippen LogP contribution >= 0.6 is 11.6 Å². The Bertz CT molecular complexity index is 1400. The van der Waals surface area contributed by atoms with Crippen LogP contribution in [0.1, 0.15) is 55.8 Å². The Morgan fingerprint density at radius 2 is 1.94 bits per heavy atom. The molecule has 2 aliphatic heterocycles. The van der Waals surface area contributed by atoms with E-state index in [-0.39, 0.29) is 29.1 Å². The third kappa shape index (κ3) is 5.06. The first-order valence-electron chi connectivity index (χ1n) is 11.8. The van der Waals surface area contributed by atoms with Crippen molar-refractivity contribution in [3.05, 3.63) is 40.8 Å². The Kier molecular flexibility index (Phi) is 6.69. The summed E-state index contributed by atoms with van der Waals surface area (Å²) in [6.07, 6.45) is 2.95. The molecule has 0 spiro atoms. The van der Waals surface area contributed by atoms with E-state index in [1.54, 1.807) is 18.2 Å². The van der Waals surface area contributed by atoms with E-state index in [9.17, 15) is 17.2 Å². The van der Waals surface area contributed by atoms with Crippen LogP contribution in [0.15, 0.2) is 29.2 Å². The van der Waals surface area contributed by atoms with E-state index in [1.165, 1.54) is 6.07 Å². The Hall–Kier alpha value is -2.34. The fourth-order valence-electron chi connectivity index (χ4n) is 4.79. The van der Waals surface area contributed by atoms with Crippen molar-refractivity contribution < 1.29 is 26.7 Å². The van der Waals surface area contributed by atoms with E-state index in [0.29, 0.717) is 40.5 Å². The summed E-state index contributed by atoms with van der Waals surface area (Å²) in [4.78, 5) is 9.18. The molecular formula is C24H27ClF2N4O4S. The largest absolute Gasteiger partial charge is 0.367 e. The number of ether oxygens (including phenoxy) is 2. The zero-order valence-corrected chi connectivity index (χ0v) is 21.5. The molecular weight excluding hydrogens is 514 g/mol. The third-order valence-electron chi connectivity index (χ3n) is 6.55. The van der Waals surface area contributed by atoms with Crippen LogP contribution in [0.4, 0.5) is 20.2 Å². The zero-order valence-electron chi connectivity index (χ0n) is 19.9. The lowest BCUT2D eigenvalue weighted by Gasteiger charge is -2.29. The van der Waals surface area contributed by atoms with Gasteiger partial charge >= 0.3 is 0 Å². The first-order chi connectivity index (χ1) is 17.0. The molecule has 0 radical (unpaired) electrons. The van der Waals surface area contributed by atoms with Gasteiger partial charge in [-0.2, -0.15) is 0 Å². The molecule has 1 N–H and O–H groups in total. The Morgan fingerprint density at radius 1 is 1.14 bits per heavy atom. The van der Waals surface area contributed by atoms with Crippen LogP contribution in [0.3, 0.4) is 0 Å². The average Bonchev–Trinajstić information content (AvgIpc) is 3.15. The monoisotopic (exact) mass is 540 g/mol. The van der Waals surface area contributed by atoms with Crippen molar-refractivity contribution in [3.63, 3.8) is 0 Å². The number of pyridine rings is 1. The van der Waals surface area contributed by atoms with Crippen LogP contribution in [0.5, 0.6) is 0 Å². The molecule has 36 heavy (non-hydrogen) atoms. The van der Waals surface area contributed by atoms with Crippen molar-refractivity contribution in [2.75, 3.05) is 24.8 Å². The molecule has 5 rings (SSSR count). The van der Waals surface area contributed by atoms with E-state index in [4.69, 9.17) is 21.1 Å². The molecule has 8 nitrogen and oxygen atoms in total. The maximum Gasteiger partial charge on any atom is 0.271 e. The number of halogens is 3. The second-order valence-electron chi connectivity index (χ2n) is 9.36. The first kappa shape index (κ1) is 25.3. The molecule has 194 valence electrons. The number of anilines is 2. The Balaban J connectivity index is 1.53. The highest BCUT2D eigenvalue weighted by atomic mass is 35.5. The van der Waals surface area contributed by atoms with Crippen molar-refractivity contribution in [3.8, 4) is 0 Å². The number of benzene rings is 1. The molecule has 2 aromatic heterocycles. The smallest absolute Gasteiger partial charge is 0.271 e. The lowest BCUT2D eigenvalue weighted by atomic mass is 9.99. The molecule has 1 aromatic carbocycles. The van der Waals surface area contributed by atoms with Gasteiger partial charge in [0.05, 0.1) is 22.4 Å². The quantitative estimate of drug-likeness (QED) is 0.413. The average molecular weight is 541 g/mol. The standard InChI is InChI=1S/C24H27ClF2N4O4S/c1-14-28-22-17(12-20(25)30-23(22)31(14)21-5-3-4-10-34-21)29-16-7-6-15(11-19(16)36(2,32)33)18-8-9-24(26,27)13-35-18/h6-7,11-12,18,21H,3-5,8-10,13H2,1-2H3,(H,29,30)/t18-,21?/m1/s1. The summed E-state index contributed by atoms with van der Waals surface area (Å²) in [7, 11) is -3.68. The summed E-state index contributed by atoms with van der Waals surface area (Å²) < 4.78 is 65.6. The summed E-state index contributed by atoms with van der Waals surface area (Å²) in [5.74, 6) is -2.16. The zero-order chi connectivity index (χ0) is 25.7. The van der Waals surface area contributed by atoms with E-state index in [2.05, 4.69) is 15.3 Å². The summed E-state index contributed by atoms with van der Waals surface area (Å²) in [5, 5.41) is 3.39. The van der Waals surface area contributed by atoms with Gasteiger partial charge in [-0.25, -0.2) is 27.2 Å². The summed E-state index contributed by atoms with van der Waals surface area (Å²) >= 11 is 6.36. The van der Waals surface area contributed by atoms with Gasteiger partial charge in [-0.1, -0.05) is 17.7 Å². The topological polar surface area (TPSA) is 95.3 Å². The molecule has 0 aliphatic carbocycles. The Morgan fingerprint density at radius 3 is 2.61 bits per heavy atom. The van der Waals surface area contributed by atoms with Gasteiger partial charge in [0.25, 0.3) is 5.92 Å². The summed E-state index contributed by atoms with van der Waals surface area (Å²) in [6.45, 7) is 1.83. The lowest BCUT2D eigenvalue weighted by molar-refractivity contribution is -0.145. The van der Waals surface area contributed by atoms with Gasteiger partial charge in [0, 0.05) is 25.3 Å². The number of imidazole rings is 1. The van der Waals surface area contributed by atoms with Gasteiger partial charge in [-0.05, 0) is 50.3 Å². The number of aryl methyl sites for hydroxylation is 1. The fraction of sp³-hybridized carbons (Fsp3) is 0.500. The van der Waals surface area contributed by atoms with Crippen LogP contribution in [0.25, 0.3) is 11.2 Å². The summed E-state index contributed by atoms with van der Waals surface area (Å²) in [6, 6.07) is 6.36. The van der Waals surface area contributed by atoms with Gasteiger partial charge in [0.15, 0.2) is 15.5 Å². The minimum Gasteiger partial charge on any atom is -0.367 e. The van der Waals surface area contributed by atoms with Crippen LogP contribution in [0, 0.1) is 6.92 Å². The van der Waals surface area contributed by atoms with Crippen molar-refractivity contribution in [1.82, 2.24) is 14.5 Å². The number of sulfone groups is 1. The number of hydrogen-bond donors (Lipinski definition) is 1. The second-order valence-corrected chi connectivity index (χ2v) is 11.7. The molecule has 12 heteroatoms. The minimum atomic E-state index is -3.68. The van der Waals surface area contributed by atoms with Gasteiger partial charge < -0.3 is 14.8 Å². The highest BCUT2D eigenvalue weighted by Crippen LogP contribution is 2.39. The molecule has 2 saturated heterocycles. The highest BCUT2D eigenvalue weighted by Gasteiger charge is 2.36. The van der Waals surface area contributed by atoms with Gasteiger partial charge in [-0.15, -0.1) is 0 Å². The van der Waals surface area contributed by atoms with E-state index < -0.39 is 28.5 Å². The molecule has 0 amide bonds. The number of alkyl halides is 2. The van der Waals surface area contributed by atoms with Crippen molar-refractivity contribution >= 4 is 44.0 Å². The third-order valence-corrected chi connectivity index (χ3v) is 7.88. The van der Waals surface area contributed by atoms with E-state index >= 15 is 0 Å². The SMILES string of the molecule is Cc1nc2c(Nc3ccc([C@H]4CCC(F)(F)CO4)cc3S(C)(=O)=O)cc(Cl)nc2n1C1CCCCO1. The molecule has 1 unspecified atom stereocenters. The normalized spacial score (nSPS) is 22.6. The number of fused-ring (bicyclic) bond motifs is 1. The maximum atomic E-state index is 13.5. The summed E-state index contributed by atoms with van der Waals surface area (Å²) in [5.41, 5.74) is 2.42. The molecule has 2 aliphatic rings. The molecule has 2 atom stereocenters. The van der Waals surface area contributed by atoms with Crippen molar-refractivity contribution in [2.24, 2.45) is 0 Å². The van der Waals surface area contributed by atoms with Crippen LogP contribution in [-0.4, -0.2) is 48.3 Å². The number of nitrogens with one attached hydrogen (secondary N) is 1. The lowest BCUT2D eigenvalue weighted by Crippen LogP contribution is -2.31. The van der Waals surface area contributed by atoms with Gasteiger partial charge in [-0.3, -0.25) is 4.57 Å². The predicted octanol–water partition coefficient (Wildman–Crippen LogP) is 5.73. The first-order valence-corrected chi connectivity index (χ1v) is 14.1. The van der Waals surface area contributed by atoms with Crippen LogP contribution < -0.4 is 5.32 Å². The number of nitrogens with zero attached hydrogens (tertiary/aromatic N) is 3. The maximum absolute atomic E-state index is 13.5. The predicted molar refractivity (Wildman–Crippen MR) is 132 cm³/mol. The van der Waals surface area contributed by atoms with Crippen molar-refractivity contribution in [2.45, 2.75) is 62.2 Å². The minimum absolute atomic E-state index is 0.0220. The Labute approximate surface area is 212 Å². The molecule has 3 aromatic rings. The number of rotatable bonds is 5. The molecule has 4 heterocycles. The van der Waals surface area contributed by atoms with Gasteiger partial charge in [0.1, 0.15) is 29.3 Å². The van der Waals surface area contributed by atoms with Gasteiger partial charge in [0.2, 0.25) is 0 Å². The van der Waals surface area contributed by atoms with E-state index in [0.717, 1.165) is 25.5 Å². The number of aromatic nitrogens is 3. The number of hydrogen-bond acceptors (Lipinski definition) is 7. The fourth-order valence-corrected chi connectivity index (χ4v) is 5.84. The molecule has 0 bridgehead atoms. The van der Waals surface area contributed by atoms with Crippen LogP contribution in [0.2, 0.25) is 5.15 Å². The van der Waals surface area contributed by atoms with E-state index in [1.807, 2.05) is 11.5 Å². The van der Waals surface area contributed by atoms with Crippen LogP contribution in [-0.2, 0) is 19.3 Å². The van der Waals surface area contributed by atoms with Crippen molar-refractivity contribution in [1.29, 1.82) is 0 Å². The highest BCUT2D eigenvalue weighted by molar-refractivity contribution is 7.90. The molecule has 0 saturated carbocycles. The second kappa shape index (κ2) is 9.51.